The van der Waals surface area contributed by atoms with Crippen LogP contribution in [-0.2, 0) is 19.1 Å². The maximum Gasteiger partial charge on any atom is 0.305 e. The third kappa shape index (κ3) is 68.3. The number of carboxylic acid groups (broad SMARTS) is 1. The number of esters is 1. The van der Waals surface area contributed by atoms with Crippen molar-refractivity contribution in [3.8, 4) is 0 Å². The lowest BCUT2D eigenvalue weighted by atomic mass is 10.2. The molecule has 0 spiro atoms. The van der Waals surface area contributed by atoms with Crippen molar-refractivity contribution in [3.63, 3.8) is 0 Å². The second-order valence-electron chi connectivity index (χ2n) is 4.91. The first-order valence-electron chi connectivity index (χ1n) is 9.02. The van der Waals surface area contributed by atoms with E-state index >= 15 is 0 Å². The molecule has 0 aromatic heterocycles. The number of rotatable bonds is 10. The number of carboxylic acids is 1. The molecule has 0 aromatic rings. The van der Waals surface area contributed by atoms with E-state index in [0.29, 0.717) is 31.8 Å². The van der Waals surface area contributed by atoms with Gasteiger partial charge in [-0.3, -0.25) is 9.59 Å². The van der Waals surface area contributed by atoms with Crippen molar-refractivity contribution in [1.82, 2.24) is 0 Å². The molecule has 27 heavy (non-hydrogen) atoms. The van der Waals surface area contributed by atoms with E-state index in [4.69, 9.17) is 24.8 Å². The van der Waals surface area contributed by atoms with E-state index in [2.05, 4.69) is 26.3 Å². The molecule has 7 nitrogen and oxygen atoms in total. The fourth-order valence-corrected chi connectivity index (χ4v) is 1.08. The summed E-state index contributed by atoms with van der Waals surface area (Å²) in [4.78, 5) is 21.2. The predicted octanol–water partition coefficient (Wildman–Crippen LogP) is 3.45. The number of unbranched alkanes of at least 4 members (excludes halogenated alkanes) is 1. The minimum atomic E-state index is -0.819. The van der Waals surface area contributed by atoms with E-state index in [-0.39, 0.29) is 25.6 Å². The maximum absolute atomic E-state index is 11.0. The highest BCUT2D eigenvalue weighted by Gasteiger charge is 2.04. The third-order valence-corrected chi connectivity index (χ3v) is 2.11. The Morgan fingerprint density at radius 1 is 0.889 bits per heavy atom. The summed E-state index contributed by atoms with van der Waals surface area (Å²) in [5, 5.41) is 23.6. The Kier molecular flexibility index (Phi) is 52.9. The fraction of sp³-hybridized carbons (Fsp3) is 0.700. The van der Waals surface area contributed by atoms with Crippen LogP contribution in [-0.4, -0.2) is 60.3 Å². The van der Waals surface area contributed by atoms with Gasteiger partial charge >= 0.3 is 11.9 Å². The lowest BCUT2D eigenvalue weighted by Crippen LogP contribution is -2.09. The van der Waals surface area contributed by atoms with Crippen LogP contribution in [0.1, 0.15) is 53.4 Å². The average Bonchev–Trinajstić information content (AvgIpc) is 2.68. The van der Waals surface area contributed by atoms with E-state index in [1.165, 1.54) is 0 Å². The Morgan fingerprint density at radius 2 is 1.30 bits per heavy atom. The first kappa shape index (κ1) is 36.3. The van der Waals surface area contributed by atoms with Gasteiger partial charge in [0.15, 0.2) is 0 Å². The van der Waals surface area contributed by atoms with Crippen LogP contribution in [0.5, 0.6) is 0 Å². The molecule has 0 fully saturated rings. The number of carbonyl (C=O) groups is 2. The topological polar surface area (TPSA) is 113 Å². The minimum absolute atomic E-state index is 0.122. The van der Waals surface area contributed by atoms with Crippen molar-refractivity contribution in [2.75, 3.05) is 33.0 Å². The molecule has 0 aliphatic rings. The van der Waals surface area contributed by atoms with Gasteiger partial charge in [-0.25, -0.2) is 0 Å². The molecule has 164 valence electrons. The molecule has 0 bridgehead atoms. The van der Waals surface area contributed by atoms with Gasteiger partial charge in [0.05, 0.1) is 19.8 Å². The lowest BCUT2D eigenvalue weighted by Gasteiger charge is -2.06. The van der Waals surface area contributed by atoms with Gasteiger partial charge in [0, 0.05) is 26.1 Å². The number of aliphatic hydroxyl groups excluding tert-OH is 2. The number of hydrogen-bond acceptors (Lipinski definition) is 6. The molecule has 0 aliphatic heterocycles. The van der Waals surface area contributed by atoms with E-state index < -0.39 is 5.97 Å². The van der Waals surface area contributed by atoms with Crippen molar-refractivity contribution in [2.45, 2.75) is 53.4 Å². The van der Waals surface area contributed by atoms with Crippen molar-refractivity contribution in [2.24, 2.45) is 5.92 Å². The van der Waals surface area contributed by atoms with Gasteiger partial charge in [0.2, 0.25) is 0 Å². The zero-order chi connectivity index (χ0) is 22.5. The zero-order valence-corrected chi connectivity index (χ0v) is 17.7. The molecule has 0 aromatic carbocycles. The second kappa shape index (κ2) is 39.4. The summed E-state index contributed by atoms with van der Waals surface area (Å²) in [5.74, 6) is -0.706. The lowest BCUT2D eigenvalue weighted by molar-refractivity contribution is -0.145. The Hall–Kier alpha value is -1.70. The minimum Gasteiger partial charge on any atom is -0.481 e. The molecule has 0 saturated heterocycles. The van der Waals surface area contributed by atoms with Gasteiger partial charge in [0.25, 0.3) is 0 Å². The fourth-order valence-electron chi connectivity index (χ4n) is 1.08. The Morgan fingerprint density at radius 3 is 1.56 bits per heavy atom. The van der Waals surface area contributed by atoms with Crippen LogP contribution in [0.25, 0.3) is 0 Å². The summed E-state index contributed by atoms with van der Waals surface area (Å²) < 4.78 is 9.76. The van der Waals surface area contributed by atoms with Gasteiger partial charge in [-0.1, -0.05) is 13.8 Å². The number of aliphatic carboxylic acids is 1. The molecule has 3 N–H and O–H groups in total. The highest BCUT2D eigenvalue weighted by Crippen LogP contribution is 2.02. The summed E-state index contributed by atoms with van der Waals surface area (Å²) in [6.45, 7) is 21.8. The van der Waals surface area contributed by atoms with Gasteiger partial charge in [-0.15, -0.1) is 26.3 Å². The zero-order valence-electron chi connectivity index (χ0n) is 17.7. The van der Waals surface area contributed by atoms with Crippen molar-refractivity contribution < 1.29 is 34.4 Å². The number of aliphatic hydroxyl groups is 2. The monoisotopic (exact) mass is 394 g/mol. The highest BCUT2D eigenvalue weighted by molar-refractivity contribution is 5.69. The SMILES string of the molecule is C=C.C=C.CC(C)COC(=O)CCCCC(=O)O.CCOCC.OCCO. The molecule has 0 atom stereocenters. The molecule has 0 unspecified atom stereocenters. The number of carbonyl (C=O) groups excluding carboxylic acids is 1. The normalized spacial score (nSPS) is 8.26. The summed E-state index contributed by atoms with van der Waals surface area (Å²) in [7, 11) is 0. The largest absolute Gasteiger partial charge is 0.481 e. The van der Waals surface area contributed by atoms with Crippen LogP contribution < -0.4 is 0 Å². The van der Waals surface area contributed by atoms with Crippen LogP contribution in [0.15, 0.2) is 26.3 Å². The standard InChI is InChI=1S/C10H18O4.C4H10O.C2H6O2.2C2H4/c1-8(2)7-14-10(13)6-4-3-5-9(11)12;1-3-5-4-2;3-1-2-4;2*1-2/h8H,3-7H2,1-2H3,(H,11,12);3-4H2,1-2H3;3-4H,1-2H2;2*1-2H2. The first-order valence-corrected chi connectivity index (χ1v) is 9.02. The van der Waals surface area contributed by atoms with Crippen LogP contribution >= 0.6 is 0 Å². The van der Waals surface area contributed by atoms with Crippen molar-refractivity contribution >= 4 is 11.9 Å². The Labute approximate surface area is 165 Å². The molecule has 0 saturated carbocycles. The molecule has 0 radical (unpaired) electrons. The average molecular weight is 395 g/mol. The summed E-state index contributed by atoms with van der Waals surface area (Å²) in [5.41, 5.74) is 0. The van der Waals surface area contributed by atoms with E-state index in [9.17, 15) is 9.59 Å². The summed E-state index contributed by atoms with van der Waals surface area (Å²) in [6.07, 6.45) is 1.56. The smallest absolute Gasteiger partial charge is 0.305 e. The van der Waals surface area contributed by atoms with Gasteiger partial charge in [-0.2, -0.15) is 0 Å². The Bertz CT molecular complexity index is 276. The summed E-state index contributed by atoms with van der Waals surface area (Å²) >= 11 is 0. The van der Waals surface area contributed by atoms with Crippen LogP contribution in [0.2, 0.25) is 0 Å². The molecular weight excluding hydrogens is 352 g/mol. The quantitative estimate of drug-likeness (QED) is 0.295. The van der Waals surface area contributed by atoms with Gasteiger partial charge < -0.3 is 24.8 Å². The van der Waals surface area contributed by atoms with Gasteiger partial charge in [-0.05, 0) is 32.6 Å². The summed E-state index contributed by atoms with van der Waals surface area (Å²) in [6, 6.07) is 0. The molecular formula is C20H42O7. The molecule has 0 rings (SSSR count). The highest BCUT2D eigenvalue weighted by atomic mass is 16.5. The third-order valence-electron chi connectivity index (χ3n) is 2.11. The van der Waals surface area contributed by atoms with E-state index in [1.807, 2.05) is 27.7 Å². The van der Waals surface area contributed by atoms with Crippen molar-refractivity contribution in [1.29, 1.82) is 0 Å². The van der Waals surface area contributed by atoms with E-state index in [1.54, 1.807) is 0 Å². The van der Waals surface area contributed by atoms with Crippen LogP contribution in [0.3, 0.4) is 0 Å². The van der Waals surface area contributed by atoms with Gasteiger partial charge in [0.1, 0.15) is 0 Å². The predicted molar refractivity (Wildman–Crippen MR) is 111 cm³/mol. The Balaban J connectivity index is -0.000000102. The van der Waals surface area contributed by atoms with E-state index in [0.717, 1.165) is 13.2 Å². The second-order valence-corrected chi connectivity index (χ2v) is 4.91. The molecule has 0 amide bonds. The maximum atomic E-state index is 11.0. The molecule has 7 heteroatoms. The van der Waals surface area contributed by atoms with Crippen LogP contribution in [0.4, 0.5) is 0 Å². The first-order chi connectivity index (χ1) is 12.8. The molecule has 0 heterocycles. The van der Waals surface area contributed by atoms with Crippen molar-refractivity contribution in [3.05, 3.63) is 26.3 Å². The van der Waals surface area contributed by atoms with Crippen LogP contribution in [0, 0.1) is 5.92 Å². The number of ether oxygens (including phenoxy) is 2. The molecule has 0 aliphatic carbocycles. The number of hydrogen-bond donors (Lipinski definition) is 3.